The molecule has 1 unspecified atom stereocenters. The largest absolute Gasteiger partial charge is 0.391 e. The summed E-state index contributed by atoms with van der Waals surface area (Å²) < 4.78 is 22.6. The van der Waals surface area contributed by atoms with Crippen LogP contribution in [0.25, 0.3) is 0 Å². The molecule has 0 aromatic heterocycles. The standard InChI is InChI=1S/C11H14O3SSi/c1-16(2)13-8-10(14-16)11(15-12)9-6-4-3-5-7-9/h3-7,10H,8H2,1-2H3. The van der Waals surface area contributed by atoms with Crippen molar-refractivity contribution in [3.05, 3.63) is 35.9 Å². The fraction of sp³-hybridized carbons (Fsp3) is 0.364. The van der Waals surface area contributed by atoms with Crippen LogP contribution in [0.1, 0.15) is 5.56 Å². The van der Waals surface area contributed by atoms with Gasteiger partial charge in [-0.2, -0.15) is 0 Å². The van der Waals surface area contributed by atoms with Gasteiger partial charge < -0.3 is 8.85 Å². The van der Waals surface area contributed by atoms with E-state index in [1.807, 2.05) is 43.4 Å². The van der Waals surface area contributed by atoms with Crippen LogP contribution in [-0.4, -0.2) is 30.3 Å². The van der Waals surface area contributed by atoms with E-state index in [4.69, 9.17) is 8.85 Å². The first-order valence-corrected chi connectivity index (χ1v) is 8.72. The maximum atomic E-state index is 11.2. The molecule has 1 fully saturated rings. The highest BCUT2D eigenvalue weighted by atomic mass is 32.1. The molecule has 1 saturated heterocycles. The molecule has 16 heavy (non-hydrogen) atoms. The van der Waals surface area contributed by atoms with E-state index in [1.165, 1.54) is 0 Å². The molecular formula is C11H14O3SSi. The van der Waals surface area contributed by atoms with Crippen LogP contribution in [0.4, 0.5) is 0 Å². The normalized spacial score (nSPS) is 23.0. The SMILES string of the molecule is C[Si]1(C)OCC(C(=S=O)c2ccccc2)O1. The zero-order valence-electron chi connectivity index (χ0n) is 9.30. The first-order chi connectivity index (χ1) is 7.62. The molecule has 0 amide bonds. The Morgan fingerprint density at radius 1 is 1.38 bits per heavy atom. The van der Waals surface area contributed by atoms with Crippen molar-refractivity contribution >= 4 is 24.7 Å². The highest BCUT2D eigenvalue weighted by Crippen LogP contribution is 2.21. The van der Waals surface area contributed by atoms with Crippen LogP contribution in [0.2, 0.25) is 13.1 Å². The van der Waals surface area contributed by atoms with E-state index in [-0.39, 0.29) is 6.10 Å². The first-order valence-electron chi connectivity index (χ1n) is 5.16. The Labute approximate surface area is 99.7 Å². The van der Waals surface area contributed by atoms with Crippen LogP contribution in [0.3, 0.4) is 0 Å². The lowest BCUT2D eigenvalue weighted by Crippen LogP contribution is -2.31. The molecule has 1 atom stereocenters. The second-order valence-corrected chi connectivity index (χ2v) is 8.06. The third-order valence-electron chi connectivity index (χ3n) is 2.45. The van der Waals surface area contributed by atoms with Crippen LogP contribution in [0, 0.1) is 0 Å². The van der Waals surface area contributed by atoms with Crippen molar-refractivity contribution < 1.29 is 13.1 Å². The van der Waals surface area contributed by atoms with Crippen LogP contribution < -0.4 is 0 Å². The molecule has 0 spiro atoms. The summed E-state index contributed by atoms with van der Waals surface area (Å²) in [7, 11) is -1.99. The third-order valence-corrected chi connectivity index (χ3v) is 4.84. The molecule has 1 aliphatic heterocycles. The predicted molar refractivity (Wildman–Crippen MR) is 67.0 cm³/mol. The minimum absolute atomic E-state index is 0.188. The Kier molecular flexibility index (Phi) is 3.39. The monoisotopic (exact) mass is 254 g/mol. The van der Waals surface area contributed by atoms with Crippen molar-refractivity contribution in [1.82, 2.24) is 0 Å². The molecule has 0 N–H and O–H groups in total. The van der Waals surface area contributed by atoms with Crippen molar-refractivity contribution in [3.8, 4) is 0 Å². The fourth-order valence-electron chi connectivity index (χ4n) is 1.71. The molecule has 1 aromatic carbocycles. The fourth-order valence-corrected chi connectivity index (χ4v) is 3.74. The van der Waals surface area contributed by atoms with Crippen LogP contribution >= 0.6 is 0 Å². The number of benzene rings is 1. The second kappa shape index (κ2) is 4.63. The van der Waals surface area contributed by atoms with E-state index >= 15 is 0 Å². The van der Waals surface area contributed by atoms with Crippen molar-refractivity contribution in [2.75, 3.05) is 6.61 Å². The maximum absolute atomic E-state index is 11.2. The Morgan fingerprint density at radius 3 is 2.56 bits per heavy atom. The number of hydrogen-bond donors (Lipinski definition) is 0. The second-order valence-electron chi connectivity index (χ2n) is 4.13. The summed E-state index contributed by atoms with van der Waals surface area (Å²) in [6.45, 7) is 4.48. The van der Waals surface area contributed by atoms with Gasteiger partial charge >= 0.3 is 8.56 Å². The summed E-state index contributed by atoms with van der Waals surface area (Å²) in [5.41, 5.74) is 0.933. The van der Waals surface area contributed by atoms with Crippen LogP contribution in [-0.2, 0) is 20.1 Å². The van der Waals surface area contributed by atoms with Gasteiger partial charge in [0.25, 0.3) is 0 Å². The van der Waals surface area contributed by atoms with E-state index in [2.05, 4.69) is 0 Å². The molecule has 3 nitrogen and oxygen atoms in total. The molecule has 0 radical (unpaired) electrons. The number of rotatable bonds is 2. The zero-order chi connectivity index (χ0) is 11.6. The first kappa shape index (κ1) is 11.7. The van der Waals surface area contributed by atoms with Crippen molar-refractivity contribution in [2.45, 2.75) is 19.2 Å². The van der Waals surface area contributed by atoms with Gasteiger partial charge in [0, 0.05) is 0 Å². The van der Waals surface area contributed by atoms with Gasteiger partial charge in [-0.25, -0.2) is 4.21 Å². The average molecular weight is 254 g/mol. The molecule has 0 bridgehead atoms. The van der Waals surface area contributed by atoms with Gasteiger partial charge in [-0.15, -0.1) is 0 Å². The molecule has 2 rings (SSSR count). The Bertz CT molecular complexity index is 426. The molecule has 86 valence electrons. The van der Waals surface area contributed by atoms with E-state index in [0.29, 0.717) is 17.9 Å². The molecular weight excluding hydrogens is 240 g/mol. The molecule has 5 heteroatoms. The smallest absolute Gasteiger partial charge is 0.332 e. The van der Waals surface area contributed by atoms with Gasteiger partial charge in [0.15, 0.2) is 0 Å². The molecule has 1 heterocycles. The van der Waals surface area contributed by atoms with Gasteiger partial charge in [-0.1, -0.05) is 30.3 Å². The van der Waals surface area contributed by atoms with Gasteiger partial charge in [0.2, 0.25) is 0 Å². The summed E-state index contributed by atoms with van der Waals surface area (Å²) >= 11 is 0.505. The van der Waals surface area contributed by atoms with Crippen molar-refractivity contribution in [2.24, 2.45) is 0 Å². The molecule has 0 saturated carbocycles. The minimum atomic E-state index is -1.99. The topological polar surface area (TPSA) is 35.5 Å². The van der Waals surface area contributed by atoms with Crippen LogP contribution in [0.15, 0.2) is 30.3 Å². The Morgan fingerprint density at radius 2 is 2.06 bits per heavy atom. The molecule has 1 aromatic rings. The summed E-state index contributed by atoms with van der Waals surface area (Å²) in [5, 5.41) is 0. The summed E-state index contributed by atoms with van der Waals surface area (Å²) in [6, 6.07) is 9.63. The van der Waals surface area contributed by atoms with Gasteiger partial charge in [0.05, 0.1) is 22.7 Å². The highest BCUT2D eigenvalue weighted by Gasteiger charge is 2.38. The number of hydrogen-bond acceptors (Lipinski definition) is 3. The van der Waals surface area contributed by atoms with E-state index in [0.717, 1.165) is 10.4 Å². The highest BCUT2D eigenvalue weighted by molar-refractivity contribution is 7.67. The molecule has 1 aliphatic rings. The summed E-state index contributed by atoms with van der Waals surface area (Å²) in [6.07, 6.45) is -0.188. The van der Waals surface area contributed by atoms with Gasteiger partial charge in [-0.3, -0.25) is 0 Å². The predicted octanol–water partition coefficient (Wildman–Crippen LogP) is 1.54. The summed E-state index contributed by atoms with van der Waals surface area (Å²) in [4.78, 5) is 0.721. The van der Waals surface area contributed by atoms with E-state index in [1.54, 1.807) is 0 Å². The van der Waals surface area contributed by atoms with Crippen LogP contribution in [0.5, 0.6) is 0 Å². The third kappa shape index (κ3) is 2.49. The van der Waals surface area contributed by atoms with Gasteiger partial charge in [0.1, 0.15) is 6.10 Å². The van der Waals surface area contributed by atoms with Crippen molar-refractivity contribution in [3.63, 3.8) is 0 Å². The Balaban J connectivity index is 2.24. The quantitative estimate of drug-likeness (QED) is 0.456. The van der Waals surface area contributed by atoms with E-state index < -0.39 is 8.56 Å². The zero-order valence-corrected chi connectivity index (χ0v) is 11.1. The average Bonchev–Trinajstić information content (AvgIpc) is 2.62. The maximum Gasteiger partial charge on any atom is 0.332 e. The van der Waals surface area contributed by atoms with E-state index in [9.17, 15) is 4.21 Å². The van der Waals surface area contributed by atoms with Gasteiger partial charge in [-0.05, 0) is 18.7 Å². The molecule has 0 aliphatic carbocycles. The lowest BCUT2D eigenvalue weighted by atomic mass is 10.1. The lowest BCUT2D eigenvalue weighted by Gasteiger charge is -2.14. The Hall–Kier alpha value is -0.753. The minimum Gasteiger partial charge on any atom is -0.391 e. The van der Waals surface area contributed by atoms with Crippen molar-refractivity contribution in [1.29, 1.82) is 0 Å². The lowest BCUT2D eigenvalue weighted by molar-refractivity contribution is 0.305. The summed E-state index contributed by atoms with van der Waals surface area (Å²) in [5.74, 6) is 0.